The van der Waals surface area contributed by atoms with Crippen LogP contribution in [0.3, 0.4) is 0 Å². The molecule has 0 aliphatic heterocycles. The number of ketones is 1. The van der Waals surface area contributed by atoms with Crippen LogP contribution in [0, 0.1) is 5.92 Å². The molecule has 0 bridgehead atoms. The highest BCUT2D eigenvalue weighted by molar-refractivity contribution is 5.82. The van der Waals surface area contributed by atoms with Crippen molar-refractivity contribution in [2.24, 2.45) is 5.92 Å². The van der Waals surface area contributed by atoms with E-state index >= 15 is 0 Å². The van der Waals surface area contributed by atoms with Crippen molar-refractivity contribution < 1.29 is 14.3 Å². The van der Waals surface area contributed by atoms with E-state index in [0.29, 0.717) is 6.42 Å². The lowest BCUT2D eigenvalue weighted by molar-refractivity contribution is -0.227. The average Bonchev–Trinajstić information content (AvgIpc) is 2.17. The Morgan fingerprint density at radius 1 is 1.31 bits per heavy atom. The summed E-state index contributed by atoms with van der Waals surface area (Å²) < 4.78 is 10.5. The minimum atomic E-state index is -0.725. The van der Waals surface area contributed by atoms with E-state index < -0.39 is 5.79 Å². The normalized spacial score (nSPS) is 24.8. The van der Waals surface area contributed by atoms with Gasteiger partial charge in [0.05, 0.1) is 5.92 Å². The molecule has 1 aliphatic rings. The van der Waals surface area contributed by atoms with E-state index in [1.165, 1.54) is 0 Å². The van der Waals surface area contributed by atoms with Gasteiger partial charge in [-0.3, -0.25) is 4.79 Å². The lowest BCUT2D eigenvalue weighted by Gasteiger charge is -2.36. The Balaban J connectivity index is 2.71. The van der Waals surface area contributed by atoms with Crippen LogP contribution in [0.1, 0.15) is 32.6 Å². The summed E-state index contributed by atoms with van der Waals surface area (Å²) in [5, 5.41) is 0. The van der Waals surface area contributed by atoms with Crippen LogP contribution in [0.2, 0.25) is 0 Å². The molecule has 0 amide bonds. The van der Waals surface area contributed by atoms with Crippen LogP contribution in [0.25, 0.3) is 0 Å². The summed E-state index contributed by atoms with van der Waals surface area (Å²) in [5.74, 6) is -0.536. The van der Waals surface area contributed by atoms with Gasteiger partial charge in [-0.25, -0.2) is 0 Å². The summed E-state index contributed by atoms with van der Waals surface area (Å²) in [5.41, 5.74) is 0. The predicted molar refractivity (Wildman–Crippen MR) is 49.4 cm³/mol. The Morgan fingerprint density at radius 2 is 1.92 bits per heavy atom. The number of rotatable bonds is 3. The zero-order valence-electron chi connectivity index (χ0n) is 8.63. The standard InChI is InChI=1S/C10H18O3/c1-10(12-2,13-3)8-6-4-5-7-9(8)11/h8H,4-7H2,1-3H3. The molecule has 1 atom stereocenters. The average molecular weight is 186 g/mol. The van der Waals surface area contributed by atoms with Crippen molar-refractivity contribution >= 4 is 5.78 Å². The van der Waals surface area contributed by atoms with Gasteiger partial charge in [-0.05, 0) is 19.8 Å². The molecule has 0 aromatic carbocycles. The Labute approximate surface area is 79.4 Å². The summed E-state index contributed by atoms with van der Waals surface area (Å²) in [6, 6.07) is 0. The number of Topliss-reactive ketones (excluding diaryl/α,β-unsaturated/α-hetero) is 1. The molecular weight excluding hydrogens is 168 g/mol. The Morgan fingerprint density at radius 3 is 2.38 bits per heavy atom. The maximum Gasteiger partial charge on any atom is 0.174 e. The van der Waals surface area contributed by atoms with Crippen molar-refractivity contribution in [3.05, 3.63) is 0 Å². The summed E-state index contributed by atoms with van der Waals surface area (Å²) in [6.07, 6.45) is 3.67. The molecule has 0 heterocycles. The smallest absolute Gasteiger partial charge is 0.174 e. The predicted octanol–water partition coefficient (Wildman–Crippen LogP) is 1.75. The zero-order chi connectivity index (χ0) is 9.90. The van der Waals surface area contributed by atoms with Gasteiger partial charge in [0.25, 0.3) is 0 Å². The zero-order valence-corrected chi connectivity index (χ0v) is 8.63. The second-order valence-electron chi connectivity index (χ2n) is 3.69. The molecule has 3 heteroatoms. The second-order valence-corrected chi connectivity index (χ2v) is 3.69. The first-order chi connectivity index (χ1) is 6.14. The molecule has 1 aliphatic carbocycles. The SMILES string of the molecule is COC(C)(OC)C1CCCCC1=O. The number of hydrogen-bond donors (Lipinski definition) is 0. The fourth-order valence-electron chi connectivity index (χ4n) is 1.91. The van der Waals surface area contributed by atoms with Crippen LogP contribution in [0.5, 0.6) is 0 Å². The Kier molecular flexibility index (Phi) is 3.45. The molecule has 13 heavy (non-hydrogen) atoms. The van der Waals surface area contributed by atoms with Crippen molar-refractivity contribution in [2.45, 2.75) is 38.4 Å². The molecule has 1 rings (SSSR count). The molecule has 0 aromatic rings. The van der Waals surface area contributed by atoms with E-state index in [2.05, 4.69) is 0 Å². The third-order valence-electron chi connectivity index (χ3n) is 3.00. The van der Waals surface area contributed by atoms with Gasteiger partial charge in [-0.1, -0.05) is 6.42 Å². The molecule has 0 radical (unpaired) electrons. The van der Waals surface area contributed by atoms with E-state index in [4.69, 9.17) is 9.47 Å². The highest BCUT2D eigenvalue weighted by Gasteiger charge is 2.40. The molecule has 1 unspecified atom stereocenters. The molecule has 76 valence electrons. The Bertz CT molecular complexity index is 185. The highest BCUT2D eigenvalue weighted by Crippen LogP contribution is 2.32. The van der Waals surface area contributed by atoms with Crippen molar-refractivity contribution in [3.8, 4) is 0 Å². The minimum absolute atomic E-state index is 0.0868. The maximum absolute atomic E-state index is 11.6. The van der Waals surface area contributed by atoms with E-state index in [1.807, 2.05) is 6.92 Å². The highest BCUT2D eigenvalue weighted by atomic mass is 16.7. The van der Waals surface area contributed by atoms with E-state index in [1.54, 1.807) is 14.2 Å². The van der Waals surface area contributed by atoms with Gasteiger partial charge in [0.1, 0.15) is 5.78 Å². The van der Waals surface area contributed by atoms with E-state index in [-0.39, 0.29) is 11.7 Å². The molecular formula is C10H18O3. The van der Waals surface area contributed by atoms with Crippen LogP contribution < -0.4 is 0 Å². The molecule has 0 aromatic heterocycles. The molecule has 1 saturated carbocycles. The topological polar surface area (TPSA) is 35.5 Å². The lowest BCUT2D eigenvalue weighted by Crippen LogP contribution is -2.44. The van der Waals surface area contributed by atoms with Crippen LogP contribution in [0.15, 0.2) is 0 Å². The monoisotopic (exact) mass is 186 g/mol. The van der Waals surface area contributed by atoms with E-state index in [0.717, 1.165) is 19.3 Å². The van der Waals surface area contributed by atoms with Crippen LogP contribution in [0.4, 0.5) is 0 Å². The first-order valence-corrected chi connectivity index (χ1v) is 4.77. The fourth-order valence-corrected chi connectivity index (χ4v) is 1.91. The maximum atomic E-state index is 11.6. The molecule has 0 N–H and O–H groups in total. The number of methoxy groups -OCH3 is 2. The molecule has 3 nitrogen and oxygen atoms in total. The minimum Gasteiger partial charge on any atom is -0.353 e. The van der Waals surface area contributed by atoms with Crippen molar-refractivity contribution in [1.82, 2.24) is 0 Å². The fraction of sp³-hybridized carbons (Fsp3) is 0.900. The summed E-state index contributed by atoms with van der Waals surface area (Å²) in [7, 11) is 3.18. The van der Waals surface area contributed by atoms with Crippen molar-refractivity contribution in [2.75, 3.05) is 14.2 Å². The quantitative estimate of drug-likeness (QED) is 0.630. The Hall–Kier alpha value is -0.410. The van der Waals surface area contributed by atoms with Gasteiger partial charge in [0.2, 0.25) is 0 Å². The van der Waals surface area contributed by atoms with Gasteiger partial charge in [0, 0.05) is 20.6 Å². The second kappa shape index (κ2) is 4.20. The first kappa shape index (κ1) is 10.7. The van der Waals surface area contributed by atoms with Gasteiger partial charge in [-0.15, -0.1) is 0 Å². The van der Waals surface area contributed by atoms with E-state index in [9.17, 15) is 4.79 Å². The van der Waals surface area contributed by atoms with Gasteiger partial charge >= 0.3 is 0 Å². The van der Waals surface area contributed by atoms with Crippen LogP contribution in [-0.4, -0.2) is 25.8 Å². The molecule has 0 saturated heterocycles. The summed E-state index contributed by atoms with van der Waals surface area (Å²) >= 11 is 0. The van der Waals surface area contributed by atoms with Crippen LogP contribution >= 0.6 is 0 Å². The molecule has 0 spiro atoms. The number of hydrogen-bond acceptors (Lipinski definition) is 3. The van der Waals surface area contributed by atoms with Crippen molar-refractivity contribution in [3.63, 3.8) is 0 Å². The van der Waals surface area contributed by atoms with Gasteiger partial charge in [-0.2, -0.15) is 0 Å². The lowest BCUT2D eigenvalue weighted by atomic mass is 9.82. The number of ether oxygens (including phenoxy) is 2. The first-order valence-electron chi connectivity index (χ1n) is 4.77. The summed E-state index contributed by atoms with van der Waals surface area (Å²) in [4.78, 5) is 11.6. The van der Waals surface area contributed by atoms with Gasteiger partial charge < -0.3 is 9.47 Å². The molecule has 1 fully saturated rings. The third kappa shape index (κ3) is 2.09. The van der Waals surface area contributed by atoms with Crippen LogP contribution in [-0.2, 0) is 14.3 Å². The summed E-state index contributed by atoms with van der Waals surface area (Å²) in [6.45, 7) is 1.83. The number of carbonyl (C=O) groups is 1. The number of carbonyl (C=O) groups excluding carboxylic acids is 1. The van der Waals surface area contributed by atoms with Crippen molar-refractivity contribution in [1.29, 1.82) is 0 Å². The van der Waals surface area contributed by atoms with Gasteiger partial charge in [0.15, 0.2) is 5.79 Å². The third-order valence-corrected chi connectivity index (χ3v) is 3.00. The largest absolute Gasteiger partial charge is 0.353 e.